The van der Waals surface area contributed by atoms with Crippen LogP contribution in [0.15, 0.2) is 45.9 Å². The summed E-state index contributed by atoms with van der Waals surface area (Å²) >= 11 is 6.70. The van der Waals surface area contributed by atoms with Crippen LogP contribution in [0.2, 0.25) is 0 Å². The summed E-state index contributed by atoms with van der Waals surface area (Å²) in [4.78, 5) is 17.2. The summed E-state index contributed by atoms with van der Waals surface area (Å²) in [6, 6.07) is 7.57. The van der Waals surface area contributed by atoms with Crippen molar-refractivity contribution in [3.05, 3.63) is 45.9 Å². The second-order valence-corrected chi connectivity index (χ2v) is 5.22. The zero-order valence-corrected chi connectivity index (χ0v) is 12.2. The molecule has 3 rings (SSSR count). The molecule has 0 amide bonds. The second-order valence-electron chi connectivity index (χ2n) is 3.60. The highest BCUT2D eigenvalue weighted by molar-refractivity contribution is 9.11. The van der Waals surface area contributed by atoms with Crippen LogP contribution in [0.3, 0.4) is 0 Å². The summed E-state index contributed by atoms with van der Waals surface area (Å²) in [5, 5.41) is 0. The highest BCUT2D eigenvalue weighted by atomic mass is 79.9. The summed E-state index contributed by atoms with van der Waals surface area (Å²) < 4.78 is 1.47. The number of halogens is 2. The Hall–Kier alpha value is -1.40. The summed E-state index contributed by atoms with van der Waals surface area (Å²) in [7, 11) is 0. The van der Waals surface area contributed by atoms with Crippen molar-refractivity contribution >= 4 is 42.9 Å². The average Bonchev–Trinajstić information content (AvgIpc) is 2.37. The van der Waals surface area contributed by atoms with E-state index in [1.807, 2.05) is 18.2 Å². The van der Waals surface area contributed by atoms with Gasteiger partial charge in [0.2, 0.25) is 0 Å². The topological polar surface area (TPSA) is 51.6 Å². The van der Waals surface area contributed by atoms with Gasteiger partial charge in [-0.2, -0.15) is 0 Å². The van der Waals surface area contributed by atoms with E-state index in [-0.39, 0.29) is 0 Å². The van der Waals surface area contributed by atoms with Gasteiger partial charge in [-0.25, -0.2) is 9.97 Å². The molecule has 1 aromatic carbocycles. The molecular formula is C12H6Br2N4. The molecule has 0 saturated carbocycles. The van der Waals surface area contributed by atoms with E-state index in [4.69, 9.17) is 0 Å². The zero-order chi connectivity index (χ0) is 12.5. The van der Waals surface area contributed by atoms with E-state index < -0.39 is 0 Å². The van der Waals surface area contributed by atoms with Crippen LogP contribution in [-0.2, 0) is 0 Å². The van der Waals surface area contributed by atoms with Crippen molar-refractivity contribution in [3.8, 4) is 11.4 Å². The SMILES string of the molecule is Brc1cc(Br)nc(-c2ccc3nccnc3c2)n1. The van der Waals surface area contributed by atoms with Gasteiger partial charge in [-0.05, 0) is 50.1 Å². The first-order valence-corrected chi connectivity index (χ1v) is 6.72. The van der Waals surface area contributed by atoms with E-state index in [0.717, 1.165) is 25.8 Å². The Bertz CT molecular complexity index is 710. The first-order valence-electron chi connectivity index (χ1n) is 5.13. The van der Waals surface area contributed by atoms with Crippen LogP contribution < -0.4 is 0 Å². The van der Waals surface area contributed by atoms with Gasteiger partial charge >= 0.3 is 0 Å². The van der Waals surface area contributed by atoms with Crippen LogP contribution in [0.25, 0.3) is 22.4 Å². The first kappa shape index (κ1) is 11.7. The van der Waals surface area contributed by atoms with Crippen molar-refractivity contribution in [2.75, 3.05) is 0 Å². The van der Waals surface area contributed by atoms with E-state index in [2.05, 4.69) is 51.8 Å². The van der Waals surface area contributed by atoms with E-state index in [1.165, 1.54) is 0 Å². The molecule has 0 N–H and O–H groups in total. The van der Waals surface area contributed by atoms with Crippen LogP contribution >= 0.6 is 31.9 Å². The Morgan fingerprint density at radius 2 is 1.44 bits per heavy atom. The number of fused-ring (bicyclic) bond motifs is 1. The molecule has 18 heavy (non-hydrogen) atoms. The van der Waals surface area contributed by atoms with Crippen LogP contribution in [0.5, 0.6) is 0 Å². The Labute approximate surface area is 120 Å². The molecule has 6 heteroatoms. The highest BCUT2D eigenvalue weighted by Gasteiger charge is 2.06. The fourth-order valence-corrected chi connectivity index (χ4v) is 2.70. The largest absolute Gasteiger partial charge is 0.253 e. The molecular weight excluding hydrogens is 360 g/mol. The smallest absolute Gasteiger partial charge is 0.161 e. The fourth-order valence-electron chi connectivity index (χ4n) is 1.62. The molecule has 0 fully saturated rings. The lowest BCUT2D eigenvalue weighted by atomic mass is 10.2. The van der Waals surface area contributed by atoms with Crippen LogP contribution in [0.1, 0.15) is 0 Å². The third kappa shape index (κ3) is 2.26. The zero-order valence-electron chi connectivity index (χ0n) is 9.01. The van der Waals surface area contributed by atoms with Crippen LogP contribution in [-0.4, -0.2) is 19.9 Å². The minimum Gasteiger partial charge on any atom is -0.253 e. The number of aromatic nitrogens is 4. The van der Waals surface area contributed by atoms with Gasteiger partial charge in [0.25, 0.3) is 0 Å². The predicted molar refractivity (Wildman–Crippen MR) is 76.0 cm³/mol. The standard InChI is InChI=1S/C12H6Br2N4/c13-10-6-11(14)18-12(17-10)7-1-2-8-9(5-7)16-4-3-15-8/h1-6H. The lowest BCUT2D eigenvalue weighted by Crippen LogP contribution is -1.91. The Morgan fingerprint density at radius 1 is 0.778 bits per heavy atom. The van der Waals surface area contributed by atoms with Gasteiger partial charge in [0.15, 0.2) is 5.82 Å². The molecule has 4 nitrogen and oxygen atoms in total. The van der Waals surface area contributed by atoms with Gasteiger partial charge in [0.1, 0.15) is 9.21 Å². The third-order valence-corrected chi connectivity index (χ3v) is 3.20. The number of rotatable bonds is 1. The molecule has 0 spiro atoms. The van der Waals surface area contributed by atoms with E-state index in [9.17, 15) is 0 Å². The van der Waals surface area contributed by atoms with Gasteiger partial charge in [0.05, 0.1) is 11.0 Å². The molecule has 0 saturated heterocycles. The van der Waals surface area contributed by atoms with E-state index in [0.29, 0.717) is 5.82 Å². The van der Waals surface area contributed by atoms with Crippen LogP contribution in [0, 0.1) is 0 Å². The van der Waals surface area contributed by atoms with Crippen molar-refractivity contribution in [2.45, 2.75) is 0 Å². The minimum absolute atomic E-state index is 0.642. The number of hydrogen-bond donors (Lipinski definition) is 0. The molecule has 0 aliphatic rings. The van der Waals surface area contributed by atoms with Gasteiger partial charge in [-0.1, -0.05) is 0 Å². The minimum atomic E-state index is 0.642. The van der Waals surface area contributed by atoms with Crippen molar-refractivity contribution in [1.82, 2.24) is 19.9 Å². The third-order valence-electron chi connectivity index (χ3n) is 2.39. The molecule has 88 valence electrons. The highest BCUT2D eigenvalue weighted by Crippen LogP contribution is 2.23. The Balaban J connectivity index is 2.19. The average molecular weight is 366 g/mol. The van der Waals surface area contributed by atoms with Crippen molar-refractivity contribution < 1.29 is 0 Å². The lowest BCUT2D eigenvalue weighted by Gasteiger charge is -2.03. The maximum absolute atomic E-state index is 4.34. The molecule has 0 aliphatic carbocycles. The van der Waals surface area contributed by atoms with Gasteiger partial charge in [-0.15, -0.1) is 0 Å². The molecule has 0 unspecified atom stereocenters. The summed E-state index contributed by atoms with van der Waals surface area (Å²) in [5.41, 5.74) is 2.59. The van der Waals surface area contributed by atoms with Crippen molar-refractivity contribution in [3.63, 3.8) is 0 Å². The summed E-state index contributed by atoms with van der Waals surface area (Å²) in [6.07, 6.45) is 3.35. The maximum atomic E-state index is 4.34. The van der Waals surface area contributed by atoms with Crippen molar-refractivity contribution in [1.29, 1.82) is 0 Å². The quantitative estimate of drug-likeness (QED) is 0.618. The van der Waals surface area contributed by atoms with E-state index in [1.54, 1.807) is 18.5 Å². The summed E-state index contributed by atoms with van der Waals surface area (Å²) in [6.45, 7) is 0. The summed E-state index contributed by atoms with van der Waals surface area (Å²) in [5.74, 6) is 0.642. The number of nitrogens with zero attached hydrogens (tertiary/aromatic N) is 4. The molecule has 0 radical (unpaired) electrons. The number of benzene rings is 1. The molecule has 0 bridgehead atoms. The van der Waals surface area contributed by atoms with Crippen molar-refractivity contribution in [2.24, 2.45) is 0 Å². The molecule has 2 heterocycles. The van der Waals surface area contributed by atoms with Gasteiger partial charge in [0, 0.05) is 24.0 Å². The lowest BCUT2D eigenvalue weighted by molar-refractivity contribution is 1.12. The normalized spacial score (nSPS) is 10.8. The van der Waals surface area contributed by atoms with Gasteiger partial charge < -0.3 is 0 Å². The predicted octanol–water partition coefficient (Wildman–Crippen LogP) is 3.61. The second kappa shape index (κ2) is 4.70. The fraction of sp³-hybridized carbons (Fsp3) is 0. The molecule has 3 aromatic rings. The maximum Gasteiger partial charge on any atom is 0.161 e. The Morgan fingerprint density at radius 3 is 2.17 bits per heavy atom. The van der Waals surface area contributed by atoms with E-state index >= 15 is 0 Å². The van der Waals surface area contributed by atoms with Gasteiger partial charge in [-0.3, -0.25) is 9.97 Å². The Kier molecular flexibility index (Phi) is 3.05. The molecule has 2 aromatic heterocycles. The first-order chi connectivity index (χ1) is 8.72. The van der Waals surface area contributed by atoms with Crippen LogP contribution in [0.4, 0.5) is 0 Å². The molecule has 0 atom stereocenters. The molecule has 0 aliphatic heterocycles. The monoisotopic (exact) mass is 364 g/mol. The number of hydrogen-bond acceptors (Lipinski definition) is 4.